The molecular formula is C9H17NOS. The molecule has 1 heterocycles. The summed E-state index contributed by atoms with van der Waals surface area (Å²) in [6.45, 7) is 8.38. The highest BCUT2D eigenvalue weighted by molar-refractivity contribution is 8.13. The fourth-order valence-electron chi connectivity index (χ4n) is 2.02. The molecule has 1 fully saturated rings. The van der Waals surface area contributed by atoms with Gasteiger partial charge in [0.2, 0.25) is 0 Å². The van der Waals surface area contributed by atoms with Crippen LogP contribution >= 0.6 is 11.8 Å². The van der Waals surface area contributed by atoms with E-state index in [0.717, 1.165) is 12.2 Å². The van der Waals surface area contributed by atoms with Crippen molar-refractivity contribution in [3.63, 3.8) is 0 Å². The predicted octanol–water partition coefficient (Wildman–Crippen LogP) is 2.73. The summed E-state index contributed by atoms with van der Waals surface area (Å²) in [4.78, 5) is 13.5. The number of nitrogens with zero attached hydrogens (tertiary/aromatic N) is 1. The van der Waals surface area contributed by atoms with E-state index in [-0.39, 0.29) is 10.8 Å². The van der Waals surface area contributed by atoms with Crippen molar-refractivity contribution < 1.29 is 4.79 Å². The van der Waals surface area contributed by atoms with Crippen LogP contribution in [0.5, 0.6) is 0 Å². The minimum Gasteiger partial charge on any atom is -0.326 e. The lowest BCUT2D eigenvalue weighted by Gasteiger charge is -2.53. The van der Waals surface area contributed by atoms with Gasteiger partial charge in [0.25, 0.3) is 5.24 Å². The first-order valence-electron chi connectivity index (χ1n) is 4.45. The van der Waals surface area contributed by atoms with Crippen LogP contribution in [0.25, 0.3) is 0 Å². The van der Waals surface area contributed by atoms with E-state index in [1.54, 1.807) is 0 Å². The van der Waals surface area contributed by atoms with Crippen molar-refractivity contribution >= 4 is 17.0 Å². The third-order valence-corrected chi connectivity index (χ3v) is 3.08. The number of thioether (sulfide) groups is 1. The van der Waals surface area contributed by atoms with Gasteiger partial charge in [-0.1, -0.05) is 18.7 Å². The molecule has 1 amide bonds. The summed E-state index contributed by atoms with van der Waals surface area (Å²) in [5.41, 5.74) is 0.0959. The second kappa shape index (κ2) is 3.29. The van der Waals surface area contributed by atoms with Gasteiger partial charge in [-0.05, 0) is 32.9 Å². The third-order valence-electron chi connectivity index (χ3n) is 2.35. The van der Waals surface area contributed by atoms with E-state index in [4.69, 9.17) is 0 Å². The molecule has 0 spiro atoms. The van der Waals surface area contributed by atoms with Crippen LogP contribution in [0.15, 0.2) is 0 Å². The Bertz CT molecular complexity index is 191. The number of amides is 1. The lowest BCUT2D eigenvalue weighted by molar-refractivity contribution is 0.0135. The van der Waals surface area contributed by atoms with E-state index in [2.05, 4.69) is 20.8 Å². The van der Waals surface area contributed by atoms with Gasteiger partial charge in [0.1, 0.15) is 0 Å². The zero-order chi connectivity index (χ0) is 9.35. The van der Waals surface area contributed by atoms with E-state index in [9.17, 15) is 4.79 Å². The molecule has 1 atom stereocenters. The number of carbonyl (C=O) groups excluding carboxylic acids is 1. The normalized spacial score (nSPS) is 26.7. The molecule has 1 unspecified atom stereocenters. The highest BCUT2D eigenvalue weighted by atomic mass is 32.2. The van der Waals surface area contributed by atoms with Crippen LogP contribution in [0, 0.1) is 0 Å². The van der Waals surface area contributed by atoms with E-state index < -0.39 is 0 Å². The van der Waals surface area contributed by atoms with Crippen molar-refractivity contribution in [2.24, 2.45) is 0 Å². The molecule has 70 valence electrons. The summed E-state index contributed by atoms with van der Waals surface area (Å²) in [5, 5.41) is 0.237. The third kappa shape index (κ3) is 1.60. The first-order valence-corrected chi connectivity index (χ1v) is 5.43. The van der Waals surface area contributed by atoms with Gasteiger partial charge < -0.3 is 4.90 Å². The summed E-state index contributed by atoms with van der Waals surface area (Å²) in [6, 6.07) is 0.437. The van der Waals surface area contributed by atoms with Gasteiger partial charge in [0.05, 0.1) is 0 Å². The highest BCUT2D eigenvalue weighted by Crippen LogP contribution is 2.37. The molecule has 1 saturated heterocycles. The molecule has 0 saturated carbocycles. The zero-order valence-electron chi connectivity index (χ0n) is 8.26. The Balaban J connectivity index is 2.55. The van der Waals surface area contributed by atoms with Crippen molar-refractivity contribution in [1.82, 2.24) is 4.90 Å². The molecule has 0 aromatic carbocycles. The maximum atomic E-state index is 11.5. The molecule has 1 rings (SSSR count). The second-order valence-corrected chi connectivity index (χ2v) is 5.15. The summed E-state index contributed by atoms with van der Waals surface area (Å²) >= 11 is 1.41. The van der Waals surface area contributed by atoms with Crippen LogP contribution in [-0.4, -0.2) is 27.5 Å². The monoisotopic (exact) mass is 187 g/mol. The first kappa shape index (κ1) is 9.90. The van der Waals surface area contributed by atoms with Crippen LogP contribution in [0.3, 0.4) is 0 Å². The molecule has 2 nitrogen and oxygen atoms in total. The van der Waals surface area contributed by atoms with Gasteiger partial charge in [0, 0.05) is 11.6 Å². The SMILES string of the molecule is CCSC(=O)N1C(C)CC1(C)C. The van der Waals surface area contributed by atoms with Crippen molar-refractivity contribution in [1.29, 1.82) is 0 Å². The van der Waals surface area contributed by atoms with Gasteiger partial charge in [0.15, 0.2) is 0 Å². The zero-order valence-corrected chi connectivity index (χ0v) is 9.07. The lowest BCUT2D eigenvalue weighted by atomic mass is 9.83. The van der Waals surface area contributed by atoms with Crippen LogP contribution in [0.1, 0.15) is 34.1 Å². The average Bonchev–Trinajstić information content (AvgIpc) is 1.84. The van der Waals surface area contributed by atoms with E-state index in [1.807, 2.05) is 11.8 Å². The Labute approximate surface area is 78.7 Å². The fourth-order valence-corrected chi connectivity index (χ4v) is 2.83. The summed E-state index contributed by atoms with van der Waals surface area (Å²) in [7, 11) is 0. The largest absolute Gasteiger partial charge is 0.326 e. The van der Waals surface area contributed by atoms with Gasteiger partial charge in [-0.2, -0.15) is 0 Å². The molecule has 0 aromatic heterocycles. The molecule has 0 radical (unpaired) electrons. The minimum atomic E-state index is 0.0959. The van der Waals surface area contributed by atoms with Crippen LogP contribution in [0.2, 0.25) is 0 Å². The number of hydrogen-bond donors (Lipinski definition) is 0. The summed E-state index contributed by atoms with van der Waals surface area (Å²) in [6.07, 6.45) is 1.13. The van der Waals surface area contributed by atoms with Crippen molar-refractivity contribution in [3.8, 4) is 0 Å². The van der Waals surface area contributed by atoms with E-state index in [1.165, 1.54) is 11.8 Å². The van der Waals surface area contributed by atoms with Crippen LogP contribution in [-0.2, 0) is 0 Å². The number of likely N-dealkylation sites (tertiary alicyclic amines) is 1. The molecule has 1 aliphatic rings. The Hall–Kier alpha value is -0.180. The predicted molar refractivity (Wildman–Crippen MR) is 53.5 cm³/mol. The maximum absolute atomic E-state index is 11.5. The summed E-state index contributed by atoms with van der Waals surface area (Å²) < 4.78 is 0. The molecular weight excluding hydrogens is 170 g/mol. The Morgan fingerprint density at radius 3 is 2.58 bits per heavy atom. The average molecular weight is 187 g/mol. The Morgan fingerprint density at radius 1 is 1.67 bits per heavy atom. The van der Waals surface area contributed by atoms with E-state index in [0.29, 0.717) is 6.04 Å². The van der Waals surface area contributed by atoms with Crippen molar-refractivity contribution in [3.05, 3.63) is 0 Å². The highest BCUT2D eigenvalue weighted by Gasteiger charge is 2.44. The van der Waals surface area contributed by atoms with Crippen LogP contribution < -0.4 is 0 Å². The smallest absolute Gasteiger partial charge is 0.282 e. The number of hydrogen-bond acceptors (Lipinski definition) is 2. The Kier molecular flexibility index (Phi) is 2.71. The van der Waals surface area contributed by atoms with Crippen molar-refractivity contribution in [2.75, 3.05) is 5.75 Å². The summed E-state index contributed by atoms with van der Waals surface area (Å²) in [5.74, 6) is 0.873. The molecule has 3 heteroatoms. The van der Waals surface area contributed by atoms with E-state index >= 15 is 0 Å². The lowest BCUT2D eigenvalue weighted by Crippen LogP contribution is -2.62. The number of rotatable bonds is 1. The molecule has 0 bridgehead atoms. The standard InChI is InChI=1S/C9H17NOS/c1-5-12-8(11)10-7(2)6-9(10,3)4/h7H,5-6H2,1-4H3. The molecule has 12 heavy (non-hydrogen) atoms. The van der Waals surface area contributed by atoms with Gasteiger partial charge in [-0.15, -0.1) is 0 Å². The Morgan fingerprint density at radius 2 is 2.25 bits per heavy atom. The first-order chi connectivity index (χ1) is 5.49. The number of carbonyl (C=O) groups is 1. The van der Waals surface area contributed by atoms with Gasteiger partial charge in [-0.25, -0.2) is 0 Å². The topological polar surface area (TPSA) is 20.3 Å². The maximum Gasteiger partial charge on any atom is 0.282 e. The fraction of sp³-hybridized carbons (Fsp3) is 0.889. The van der Waals surface area contributed by atoms with Gasteiger partial charge in [-0.3, -0.25) is 4.79 Å². The van der Waals surface area contributed by atoms with Gasteiger partial charge >= 0.3 is 0 Å². The molecule has 0 N–H and O–H groups in total. The second-order valence-electron chi connectivity index (χ2n) is 3.93. The van der Waals surface area contributed by atoms with Crippen molar-refractivity contribution in [2.45, 2.75) is 45.7 Å². The minimum absolute atomic E-state index is 0.0959. The van der Waals surface area contributed by atoms with Crippen LogP contribution in [0.4, 0.5) is 4.79 Å². The molecule has 1 aliphatic heterocycles. The molecule has 0 aliphatic carbocycles. The molecule has 0 aromatic rings. The quantitative estimate of drug-likeness (QED) is 0.629.